The molecule has 0 heterocycles. The first-order chi connectivity index (χ1) is 2.77. The fraction of sp³-hybridized carbons (Fsp3) is 0.333. The van der Waals surface area contributed by atoms with Gasteiger partial charge in [0.1, 0.15) is 6.17 Å². The number of halogens is 3. The minimum atomic E-state index is -2.84. The topological polar surface area (TPSA) is 0 Å². The summed E-state index contributed by atoms with van der Waals surface area (Å²) in [4.78, 5) is 0. The number of rotatable bonds is 0. The molecule has 0 radical (unpaired) electrons. The van der Waals surface area contributed by atoms with Crippen LogP contribution in [0.3, 0.4) is 0 Å². The summed E-state index contributed by atoms with van der Waals surface area (Å²) in [6, 6.07) is 0. The van der Waals surface area contributed by atoms with E-state index in [9.17, 15) is 13.2 Å². The molecule has 0 atom stereocenters. The molecule has 0 N–H and O–H groups in total. The molecule has 0 saturated heterocycles. The summed E-state index contributed by atoms with van der Waals surface area (Å²) in [6.45, 7) is 0. The van der Waals surface area contributed by atoms with Gasteiger partial charge in [0.05, 0.1) is 0 Å². The van der Waals surface area contributed by atoms with Crippen LogP contribution in [0.25, 0.3) is 0 Å². The van der Waals surface area contributed by atoms with Gasteiger partial charge in [-0.05, 0) is 0 Å². The molecule has 0 aromatic carbocycles. The van der Waals surface area contributed by atoms with E-state index in [0.29, 0.717) is 6.17 Å². The third kappa shape index (κ3) is 10.8. The van der Waals surface area contributed by atoms with E-state index < -0.39 is 6.43 Å². The summed E-state index contributed by atoms with van der Waals surface area (Å²) < 4.78 is 31.6. The Kier molecular flexibility index (Phi) is 9.98. The molecule has 0 aliphatic carbocycles. The van der Waals surface area contributed by atoms with E-state index in [1.165, 1.54) is 0 Å². The van der Waals surface area contributed by atoms with E-state index >= 15 is 0 Å². The molecular weight excluding hydrogens is 133 g/mol. The molecule has 0 saturated carbocycles. The zero-order chi connectivity index (χ0) is 4.99. The van der Waals surface area contributed by atoms with Crippen LogP contribution in [0.15, 0.2) is 0 Å². The first-order valence-electron chi connectivity index (χ1n) is 1.16. The van der Waals surface area contributed by atoms with Crippen molar-refractivity contribution in [3.8, 4) is 12.1 Å². The summed E-state index contributed by atoms with van der Waals surface area (Å²) in [5, 5.41) is 0. The van der Waals surface area contributed by atoms with Gasteiger partial charge in [-0.1, -0.05) is 0 Å². The minimum absolute atomic E-state index is 0. The van der Waals surface area contributed by atoms with Crippen LogP contribution in [0.4, 0.5) is 13.2 Å². The summed E-state index contributed by atoms with van der Waals surface area (Å²) in [5.41, 5.74) is 0. The van der Waals surface area contributed by atoms with Crippen LogP contribution in [0.2, 0.25) is 0 Å². The second kappa shape index (κ2) is 6.61. The van der Waals surface area contributed by atoms with Gasteiger partial charge in [-0.25, -0.2) is 0 Å². The van der Waals surface area contributed by atoms with E-state index in [1.807, 2.05) is 0 Å². The molecule has 0 aromatic rings. The Hall–Kier alpha value is 0.610. The summed E-state index contributed by atoms with van der Waals surface area (Å²) >= 11 is 0. The van der Waals surface area contributed by atoms with Gasteiger partial charge in [0.2, 0.25) is 0 Å². The molecule has 0 aliphatic heterocycles. The molecule has 0 unspecified atom stereocenters. The fourth-order valence-corrected chi connectivity index (χ4v) is 0.0412. The van der Waals surface area contributed by atoms with Crippen molar-refractivity contribution in [2.75, 3.05) is 0 Å². The van der Waals surface area contributed by atoms with Crippen molar-refractivity contribution in [3.05, 3.63) is 0 Å². The normalized spacial score (nSPS) is 6.29. The van der Waals surface area contributed by atoms with Crippen LogP contribution in [0, 0.1) is 12.1 Å². The first kappa shape index (κ1) is 10.6. The molecule has 4 heteroatoms. The second-order valence-corrected chi connectivity index (χ2v) is 0.540. The van der Waals surface area contributed by atoms with Crippen molar-refractivity contribution in [3.63, 3.8) is 0 Å². The van der Waals surface area contributed by atoms with Crippen LogP contribution >= 0.6 is 0 Å². The molecule has 0 amide bonds. The number of alkyl halides is 2. The predicted molar refractivity (Wildman–Crippen MR) is 23.4 cm³/mol. The average molecular weight is 136 g/mol. The molecule has 0 aliphatic rings. The Labute approximate surface area is 69.1 Å². The van der Waals surface area contributed by atoms with Gasteiger partial charge in [-0.15, -0.1) is 4.39 Å². The number of hydrogen-bond acceptors (Lipinski definition) is 0. The van der Waals surface area contributed by atoms with Crippen molar-refractivity contribution in [1.82, 2.24) is 0 Å². The van der Waals surface area contributed by atoms with Crippen molar-refractivity contribution in [2.24, 2.45) is 0 Å². The maximum absolute atomic E-state index is 10.6. The quantitative estimate of drug-likeness (QED) is 0.331. The summed E-state index contributed by atoms with van der Waals surface area (Å²) in [6.07, 6.45) is -2.27. The predicted octanol–water partition coefficient (Wildman–Crippen LogP) is 0.266. The Morgan fingerprint density at radius 3 is 1.71 bits per heavy atom. The van der Waals surface area contributed by atoms with Gasteiger partial charge in [0, 0.05) is 5.92 Å². The summed E-state index contributed by atoms with van der Waals surface area (Å²) in [5.74, 6) is 0.958. The molecule has 0 spiro atoms. The van der Waals surface area contributed by atoms with E-state index in [4.69, 9.17) is 0 Å². The number of hydrogen-bond donors (Lipinski definition) is 0. The molecule has 0 rings (SSSR count). The average Bonchev–Trinajstić information content (AvgIpc) is 1.35. The SMILES string of the molecule is FC#CC(F)F.[CaH2]. The Bertz CT molecular complexity index is 79.9. The first-order valence-corrected chi connectivity index (χ1v) is 1.16. The van der Waals surface area contributed by atoms with Gasteiger partial charge < -0.3 is 0 Å². The molecule has 0 bridgehead atoms. The van der Waals surface area contributed by atoms with Gasteiger partial charge in [-0.2, -0.15) is 8.78 Å². The van der Waals surface area contributed by atoms with Crippen LogP contribution < -0.4 is 0 Å². The van der Waals surface area contributed by atoms with Crippen molar-refractivity contribution >= 4 is 37.7 Å². The van der Waals surface area contributed by atoms with Crippen molar-refractivity contribution < 1.29 is 13.2 Å². The van der Waals surface area contributed by atoms with Crippen molar-refractivity contribution in [2.45, 2.75) is 6.43 Å². The molecule has 7 heavy (non-hydrogen) atoms. The maximum atomic E-state index is 10.6. The Morgan fingerprint density at radius 2 is 1.71 bits per heavy atom. The van der Waals surface area contributed by atoms with Crippen LogP contribution in [-0.2, 0) is 0 Å². The van der Waals surface area contributed by atoms with Crippen LogP contribution in [0.1, 0.15) is 0 Å². The van der Waals surface area contributed by atoms with Crippen LogP contribution in [0.5, 0.6) is 0 Å². The zero-order valence-corrected chi connectivity index (χ0v) is 2.71. The van der Waals surface area contributed by atoms with Gasteiger partial charge >= 0.3 is 44.2 Å². The zero-order valence-electron chi connectivity index (χ0n) is 2.71. The molecule has 0 fully saturated rings. The van der Waals surface area contributed by atoms with Gasteiger partial charge in [0.15, 0.2) is 0 Å². The monoisotopic (exact) mass is 136 g/mol. The van der Waals surface area contributed by atoms with E-state index in [1.54, 1.807) is 0 Å². The third-order valence-corrected chi connectivity index (χ3v) is 0.164. The van der Waals surface area contributed by atoms with Gasteiger partial charge in [0.25, 0.3) is 0 Å². The van der Waals surface area contributed by atoms with E-state index in [2.05, 4.69) is 0 Å². The Morgan fingerprint density at radius 1 is 1.29 bits per heavy atom. The van der Waals surface area contributed by atoms with Gasteiger partial charge in [-0.3, -0.25) is 0 Å². The summed E-state index contributed by atoms with van der Waals surface area (Å²) in [7, 11) is 0. The standard InChI is InChI=1S/C3HF3.Ca.2H/c4-2-1-3(5)6;;;/h3H;;;. The second-order valence-electron chi connectivity index (χ2n) is 0.540. The van der Waals surface area contributed by atoms with E-state index in [0.717, 1.165) is 5.92 Å². The van der Waals surface area contributed by atoms with Crippen molar-refractivity contribution in [1.29, 1.82) is 0 Å². The van der Waals surface area contributed by atoms with Crippen LogP contribution in [-0.4, -0.2) is 44.2 Å². The molecule has 38 valence electrons. The third-order valence-electron chi connectivity index (χ3n) is 0.164. The molecule has 0 aromatic heterocycles. The Balaban J connectivity index is 0. The van der Waals surface area contributed by atoms with E-state index in [-0.39, 0.29) is 37.7 Å². The molecular formula is C3H3CaF3. The molecule has 0 nitrogen and oxygen atoms in total. The fourth-order valence-electron chi connectivity index (χ4n) is 0.0412.